The molecule has 2 atom stereocenters. The number of likely N-dealkylation sites (tertiary alicyclic amines) is 1. The molecule has 1 saturated carbocycles. The summed E-state index contributed by atoms with van der Waals surface area (Å²) in [7, 11) is 1.70. The fraction of sp³-hybridized carbons (Fsp3) is 0.833. The van der Waals surface area contributed by atoms with E-state index in [0.717, 1.165) is 38.5 Å². The highest BCUT2D eigenvalue weighted by atomic mass is 35.5. The van der Waals surface area contributed by atoms with Gasteiger partial charge in [-0.2, -0.15) is 0 Å². The molecule has 2 heterocycles. The van der Waals surface area contributed by atoms with Crippen LogP contribution in [0, 0.1) is 0 Å². The summed E-state index contributed by atoms with van der Waals surface area (Å²) in [6.45, 7) is 2.41. The molecule has 3 fully saturated rings. The van der Waals surface area contributed by atoms with Crippen LogP contribution in [0.4, 0.5) is 4.79 Å². The SMILES string of the molecule is CC(N)C1CCCCN1C(=O)CN1C(=O)N(C)C2(CCCCC2)C1=O.Cl. The standard InChI is InChI=1S/C18H30N4O3.ClH/c1-13(19)14-8-4-7-11-21(14)15(23)12-22-16(24)18(20(2)17(22)25)9-5-3-6-10-18;/h13-14H,3-12,19H2,1-2H3;1H. The fourth-order valence-corrected chi connectivity index (χ4v) is 4.71. The van der Waals surface area contributed by atoms with Gasteiger partial charge in [0.15, 0.2) is 0 Å². The van der Waals surface area contributed by atoms with E-state index < -0.39 is 5.54 Å². The number of urea groups is 1. The summed E-state index contributed by atoms with van der Waals surface area (Å²) in [5, 5.41) is 0. The van der Waals surface area contributed by atoms with Gasteiger partial charge in [0.05, 0.1) is 0 Å². The lowest BCUT2D eigenvalue weighted by Crippen LogP contribution is -2.55. The van der Waals surface area contributed by atoms with Crippen molar-refractivity contribution in [2.45, 2.75) is 75.9 Å². The van der Waals surface area contributed by atoms with E-state index >= 15 is 0 Å². The number of amides is 4. The van der Waals surface area contributed by atoms with Gasteiger partial charge in [-0.3, -0.25) is 14.5 Å². The number of piperidine rings is 1. The Balaban J connectivity index is 0.00000243. The van der Waals surface area contributed by atoms with E-state index in [-0.39, 0.29) is 48.9 Å². The second-order valence-electron chi connectivity index (χ2n) is 7.83. The first-order valence-electron chi connectivity index (χ1n) is 9.53. The van der Waals surface area contributed by atoms with Crippen molar-refractivity contribution in [3.05, 3.63) is 0 Å². The summed E-state index contributed by atoms with van der Waals surface area (Å²) >= 11 is 0. The Labute approximate surface area is 161 Å². The number of imide groups is 1. The first-order valence-corrected chi connectivity index (χ1v) is 9.53. The lowest BCUT2D eigenvalue weighted by Gasteiger charge is -2.38. The average Bonchev–Trinajstić information content (AvgIpc) is 2.78. The molecule has 0 aromatic carbocycles. The fourth-order valence-electron chi connectivity index (χ4n) is 4.71. The van der Waals surface area contributed by atoms with Gasteiger partial charge in [0.25, 0.3) is 5.91 Å². The first kappa shape index (κ1) is 21.0. The second-order valence-corrected chi connectivity index (χ2v) is 7.83. The van der Waals surface area contributed by atoms with Crippen LogP contribution in [0.3, 0.4) is 0 Å². The van der Waals surface area contributed by atoms with Crippen LogP contribution in [0.5, 0.6) is 0 Å². The molecule has 2 aliphatic heterocycles. The van der Waals surface area contributed by atoms with Crippen molar-refractivity contribution in [3.63, 3.8) is 0 Å². The third-order valence-electron chi connectivity index (χ3n) is 6.25. The van der Waals surface area contributed by atoms with Crippen molar-refractivity contribution in [2.75, 3.05) is 20.1 Å². The van der Waals surface area contributed by atoms with E-state index in [0.29, 0.717) is 19.4 Å². The van der Waals surface area contributed by atoms with E-state index in [1.807, 2.05) is 6.92 Å². The van der Waals surface area contributed by atoms with Gasteiger partial charge in [-0.1, -0.05) is 19.3 Å². The van der Waals surface area contributed by atoms with Gasteiger partial charge in [0, 0.05) is 25.7 Å². The van der Waals surface area contributed by atoms with Gasteiger partial charge in [0.2, 0.25) is 5.91 Å². The number of hydrogen-bond acceptors (Lipinski definition) is 4. The van der Waals surface area contributed by atoms with Crippen LogP contribution in [0.1, 0.15) is 58.3 Å². The molecule has 7 nitrogen and oxygen atoms in total. The van der Waals surface area contributed by atoms with Crippen LogP contribution in [0.25, 0.3) is 0 Å². The van der Waals surface area contributed by atoms with Gasteiger partial charge in [-0.05, 0) is 39.0 Å². The summed E-state index contributed by atoms with van der Waals surface area (Å²) in [6, 6.07) is -0.452. The molecule has 0 aromatic heterocycles. The van der Waals surface area contributed by atoms with Crippen LogP contribution < -0.4 is 5.73 Å². The molecule has 0 radical (unpaired) electrons. The summed E-state index contributed by atoms with van der Waals surface area (Å²) in [5.74, 6) is -0.354. The Morgan fingerprint density at radius 3 is 2.46 bits per heavy atom. The summed E-state index contributed by atoms with van der Waals surface area (Å²) in [5.41, 5.74) is 5.32. The highest BCUT2D eigenvalue weighted by molar-refractivity contribution is 6.09. The van der Waals surface area contributed by atoms with Gasteiger partial charge < -0.3 is 15.5 Å². The van der Waals surface area contributed by atoms with Crippen LogP contribution in [-0.4, -0.2) is 70.3 Å². The Bertz CT molecular complexity index is 563. The molecular weight excluding hydrogens is 356 g/mol. The smallest absolute Gasteiger partial charge is 0.327 e. The maximum absolute atomic E-state index is 13.0. The quantitative estimate of drug-likeness (QED) is 0.748. The number of hydrogen-bond donors (Lipinski definition) is 1. The summed E-state index contributed by atoms with van der Waals surface area (Å²) < 4.78 is 0. The van der Waals surface area contributed by atoms with Crippen LogP contribution >= 0.6 is 12.4 Å². The lowest BCUT2D eigenvalue weighted by atomic mass is 9.81. The molecule has 2 saturated heterocycles. The van der Waals surface area contributed by atoms with Crippen molar-refractivity contribution in [2.24, 2.45) is 5.73 Å². The zero-order valence-electron chi connectivity index (χ0n) is 15.8. The van der Waals surface area contributed by atoms with E-state index in [2.05, 4.69) is 0 Å². The molecule has 3 aliphatic rings. The van der Waals surface area contributed by atoms with E-state index in [1.165, 1.54) is 4.90 Å². The number of halogens is 1. The van der Waals surface area contributed by atoms with E-state index in [4.69, 9.17) is 5.73 Å². The summed E-state index contributed by atoms with van der Waals surface area (Å²) in [6.07, 6.45) is 7.28. The average molecular weight is 387 g/mol. The molecule has 2 N–H and O–H groups in total. The van der Waals surface area contributed by atoms with Crippen LogP contribution in [0.2, 0.25) is 0 Å². The Morgan fingerprint density at radius 1 is 1.19 bits per heavy atom. The maximum atomic E-state index is 13.0. The largest absolute Gasteiger partial charge is 0.337 e. The molecule has 0 bridgehead atoms. The molecule has 4 amide bonds. The number of likely N-dealkylation sites (N-methyl/N-ethyl adjacent to an activating group) is 1. The zero-order valence-corrected chi connectivity index (χ0v) is 16.6. The third-order valence-corrected chi connectivity index (χ3v) is 6.25. The van der Waals surface area contributed by atoms with Crippen molar-refractivity contribution in [1.82, 2.24) is 14.7 Å². The van der Waals surface area contributed by atoms with E-state index in [1.54, 1.807) is 16.8 Å². The van der Waals surface area contributed by atoms with Gasteiger partial charge >= 0.3 is 6.03 Å². The molecule has 2 unspecified atom stereocenters. The minimum Gasteiger partial charge on any atom is -0.337 e. The number of carbonyl (C=O) groups excluding carboxylic acids is 3. The van der Waals surface area contributed by atoms with Crippen molar-refractivity contribution >= 4 is 30.3 Å². The number of carbonyl (C=O) groups is 3. The Kier molecular flexibility index (Phi) is 6.55. The molecule has 1 aliphatic carbocycles. The molecule has 0 aromatic rings. The maximum Gasteiger partial charge on any atom is 0.327 e. The Morgan fingerprint density at radius 2 is 1.85 bits per heavy atom. The molecule has 3 rings (SSSR count). The van der Waals surface area contributed by atoms with Crippen molar-refractivity contribution in [3.8, 4) is 0 Å². The number of nitrogens with two attached hydrogens (primary N) is 1. The molecule has 26 heavy (non-hydrogen) atoms. The minimum absolute atomic E-state index is 0. The molecule has 148 valence electrons. The van der Waals surface area contributed by atoms with E-state index in [9.17, 15) is 14.4 Å². The van der Waals surface area contributed by atoms with Crippen LogP contribution in [0.15, 0.2) is 0 Å². The number of nitrogens with zero attached hydrogens (tertiary/aromatic N) is 3. The third kappa shape index (κ3) is 3.43. The predicted molar refractivity (Wildman–Crippen MR) is 101 cm³/mol. The molecule has 8 heteroatoms. The zero-order chi connectivity index (χ0) is 18.2. The van der Waals surface area contributed by atoms with Crippen molar-refractivity contribution < 1.29 is 14.4 Å². The van der Waals surface area contributed by atoms with Crippen LogP contribution in [-0.2, 0) is 9.59 Å². The molecule has 1 spiro atoms. The molecular formula is C18H31ClN4O3. The highest BCUT2D eigenvalue weighted by Gasteiger charge is 2.56. The second kappa shape index (κ2) is 8.13. The van der Waals surface area contributed by atoms with Gasteiger partial charge in [-0.25, -0.2) is 4.79 Å². The first-order chi connectivity index (χ1) is 11.9. The van der Waals surface area contributed by atoms with Gasteiger partial charge in [-0.15, -0.1) is 12.4 Å². The lowest BCUT2D eigenvalue weighted by molar-refractivity contribution is -0.142. The summed E-state index contributed by atoms with van der Waals surface area (Å²) in [4.78, 5) is 43.0. The highest BCUT2D eigenvalue weighted by Crippen LogP contribution is 2.39. The van der Waals surface area contributed by atoms with Gasteiger partial charge in [0.1, 0.15) is 12.1 Å². The normalized spacial score (nSPS) is 26.9. The van der Waals surface area contributed by atoms with Crippen molar-refractivity contribution in [1.29, 1.82) is 0 Å². The monoisotopic (exact) mass is 386 g/mol. The number of rotatable bonds is 3. The topological polar surface area (TPSA) is 86.9 Å². The Hall–Kier alpha value is -1.34. The minimum atomic E-state index is -0.724. The predicted octanol–water partition coefficient (Wildman–Crippen LogP) is 1.73.